The number of likely N-dealkylation sites (tertiary alicyclic amines) is 1. The summed E-state index contributed by atoms with van der Waals surface area (Å²) in [5.41, 5.74) is 5.27. The number of halogens is 1. The molecule has 2 rings (SSSR count). The summed E-state index contributed by atoms with van der Waals surface area (Å²) in [4.78, 5) is 14.4. The zero-order valence-corrected chi connectivity index (χ0v) is 18.2. The molecule has 1 aliphatic heterocycles. The van der Waals surface area contributed by atoms with Crippen LogP contribution in [0.3, 0.4) is 0 Å². The van der Waals surface area contributed by atoms with Crippen molar-refractivity contribution in [1.82, 2.24) is 4.90 Å². The van der Waals surface area contributed by atoms with Crippen LogP contribution in [0.5, 0.6) is 5.75 Å². The molecule has 0 spiro atoms. The quantitative estimate of drug-likeness (QED) is 0.724. The summed E-state index contributed by atoms with van der Waals surface area (Å²) >= 11 is 0. The number of piperidine rings is 1. The Morgan fingerprint density at radius 2 is 1.83 bits per heavy atom. The molecule has 1 aromatic rings. The molecule has 1 aromatic carbocycles. The lowest BCUT2D eigenvalue weighted by atomic mass is 9.91. The molecule has 1 aliphatic rings. The van der Waals surface area contributed by atoms with Gasteiger partial charge in [-0.05, 0) is 43.0 Å². The molecule has 162 valence electrons. The maximum atomic E-state index is 12.7. The molecule has 1 amide bonds. The average Bonchev–Trinajstić information content (AvgIpc) is 2.68. The summed E-state index contributed by atoms with van der Waals surface area (Å²) in [7, 11) is -3.43. The Morgan fingerprint density at radius 1 is 1.24 bits per heavy atom. The van der Waals surface area contributed by atoms with E-state index in [-0.39, 0.29) is 35.6 Å². The van der Waals surface area contributed by atoms with Crippen molar-refractivity contribution in [2.75, 3.05) is 32.0 Å². The second-order valence-electron chi connectivity index (χ2n) is 8.50. The van der Waals surface area contributed by atoms with E-state index >= 15 is 0 Å². The number of nitrogens with two attached hydrogens (primary N) is 1. The van der Waals surface area contributed by atoms with Gasteiger partial charge in [0.1, 0.15) is 12.4 Å². The van der Waals surface area contributed by atoms with E-state index in [1.165, 1.54) is 12.1 Å². The van der Waals surface area contributed by atoms with Crippen molar-refractivity contribution in [3.8, 4) is 5.75 Å². The van der Waals surface area contributed by atoms with Gasteiger partial charge in [-0.3, -0.25) is 4.79 Å². The fraction of sp³-hybridized carbons (Fsp3) is 0.571. The highest BCUT2D eigenvalue weighted by atomic mass is 32.2. The molecule has 8 heteroatoms. The first-order chi connectivity index (χ1) is 13.6. The second kappa shape index (κ2) is 9.71. The minimum absolute atomic E-state index is 0.0188. The van der Waals surface area contributed by atoms with E-state index in [2.05, 4.69) is 0 Å². The molecule has 0 saturated carbocycles. The number of rotatable bonds is 7. The van der Waals surface area contributed by atoms with Crippen molar-refractivity contribution in [3.05, 3.63) is 36.2 Å². The number of carbonyl (C=O) groups is 1. The van der Waals surface area contributed by atoms with Crippen molar-refractivity contribution in [2.45, 2.75) is 38.5 Å². The van der Waals surface area contributed by atoms with E-state index in [1.54, 1.807) is 12.1 Å². The predicted molar refractivity (Wildman–Crippen MR) is 111 cm³/mol. The Morgan fingerprint density at radius 3 is 2.31 bits per heavy atom. The molecule has 1 fully saturated rings. The number of sulfone groups is 1. The number of hydrogen-bond donors (Lipinski definition) is 1. The Hall–Kier alpha value is -1.93. The van der Waals surface area contributed by atoms with E-state index in [0.29, 0.717) is 43.6 Å². The summed E-state index contributed by atoms with van der Waals surface area (Å²) in [5.74, 6) is 0.648. The van der Waals surface area contributed by atoms with Gasteiger partial charge in [0.05, 0.1) is 17.0 Å². The molecular weight excluding hydrogens is 395 g/mol. The normalized spacial score (nSPS) is 16.7. The van der Waals surface area contributed by atoms with Gasteiger partial charge in [0, 0.05) is 30.6 Å². The first-order valence-electron chi connectivity index (χ1n) is 9.80. The fourth-order valence-corrected chi connectivity index (χ4v) is 4.93. The number of ether oxygens (including phenoxy) is 1. The highest BCUT2D eigenvalue weighted by molar-refractivity contribution is 7.91. The third-order valence-electron chi connectivity index (χ3n) is 5.02. The van der Waals surface area contributed by atoms with E-state index in [0.717, 1.165) is 0 Å². The average molecular weight is 427 g/mol. The molecular formula is C21H31FN2O4S. The molecule has 0 bridgehead atoms. The molecule has 1 heterocycles. The van der Waals surface area contributed by atoms with Gasteiger partial charge in [-0.15, -0.1) is 0 Å². The summed E-state index contributed by atoms with van der Waals surface area (Å²) in [6.45, 7) is 6.94. The predicted octanol–water partition coefficient (Wildman–Crippen LogP) is 2.94. The van der Waals surface area contributed by atoms with Crippen molar-refractivity contribution in [1.29, 1.82) is 0 Å². The first kappa shape index (κ1) is 23.3. The fourth-order valence-electron chi connectivity index (χ4n) is 3.24. The molecule has 1 saturated heterocycles. The standard InChI is InChI=1S/C21H31FN2O4S/c1-21(2,3)20(25)24-10-8-16(9-11-24)15-29(26,27)19-6-4-18(5-7-19)28-14-17(12-22)13-23/h4-7,12,16H,8-11,13-15,23H2,1-3H3/b17-12+. The van der Waals surface area contributed by atoms with Crippen LogP contribution in [0.2, 0.25) is 0 Å². The van der Waals surface area contributed by atoms with E-state index < -0.39 is 15.3 Å². The number of benzene rings is 1. The lowest BCUT2D eigenvalue weighted by Gasteiger charge is -2.35. The van der Waals surface area contributed by atoms with Crippen molar-refractivity contribution in [2.24, 2.45) is 17.1 Å². The van der Waals surface area contributed by atoms with Gasteiger partial charge in [-0.25, -0.2) is 12.8 Å². The van der Waals surface area contributed by atoms with E-state index in [4.69, 9.17) is 10.5 Å². The maximum absolute atomic E-state index is 12.7. The first-order valence-corrected chi connectivity index (χ1v) is 11.4. The molecule has 6 nitrogen and oxygen atoms in total. The van der Waals surface area contributed by atoms with Crippen LogP contribution in [0.25, 0.3) is 0 Å². The van der Waals surface area contributed by atoms with Crippen LogP contribution in [-0.2, 0) is 14.6 Å². The zero-order valence-electron chi connectivity index (χ0n) is 17.4. The summed E-state index contributed by atoms with van der Waals surface area (Å²) in [6.07, 6.45) is 1.78. The van der Waals surface area contributed by atoms with Gasteiger partial charge < -0.3 is 15.4 Å². The lowest BCUT2D eigenvalue weighted by Crippen LogP contribution is -2.44. The van der Waals surface area contributed by atoms with Crippen LogP contribution in [0, 0.1) is 11.3 Å². The molecule has 0 unspecified atom stereocenters. The third-order valence-corrected chi connectivity index (χ3v) is 6.92. The minimum atomic E-state index is -3.43. The van der Waals surface area contributed by atoms with E-state index in [1.807, 2.05) is 25.7 Å². The maximum Gasteiger partial charge on any atom is 0.227 e. The Bertz CT molecular complexity index is 821. The number of nitrogens with zero attached hydrogens (tertiary/aromatic N) is 1. The zero-order chi connectivity index (χ0) is 21.7. The second-order valence-corrected chi connectivity index (χ2v) is 10.5. The molecule has 29 heavy (non-hydrogen) atoms. The summed E-state index contributed by atoms with van der Waals surface area (Å²) in [5, 5.41) is 0. The monoisotopic (exact) mass is 426 g/mol. The third kappa shape index (κ3) is 6.54. The molecule has 0 aliphatic carbocycles. The van der Waals surface area contributed by atoms with Crippen molar-refractivity contribution in [3.63, 3.8) is 0 Å². The number of carbonyl (C=O) groups excluding carboxylic acids is 1. The smallest absolute Gasteiger partial charge is 0.227 e. The molecule has 0 radical (unpaired) electrons. The van der Waals surface area contributed by atoms with Gasteiger partial charge >= 0.3 is 0 Å². The van der Waals surface area contributed by atoms with Crippen LogP contribution in [0.15, 0.2) is 41.1 Å². The minimum Gasteiger partial charge on any atom is -0.489 e. The van der Waals surface area contributed by atoms with Crippen LogP contribution in [-0.4, -0.2) is 51.2 Å². The van der Waals surface area contributed by atoms with Crippen LogP contribution >= 0.6 is 0 Å². The number of amides is 1. The molecule has 2 N–H and O–H groups in total. The van der Waals surface area contributed by atoms with Gasteiger partial charge in [0.15, 0.2) is 9.84 Å². The van der Waals surface area contributed by atoms with Gasteiger partial charge in [0.25, 0.3) is 0 Å². The molecule has 0 aromatic heterocycles. The summed E-state index contributed by atoms with van der Waals surface area (Å²) in [6, 6.07) is 6.13. The highest BCUT2D eigenvalue weighted by Crippen LogP contribution is 2.26. The van der Waals surface area contributed by atoms with Crippen molar-refractivity contribution >= 4 is 15.7 Å². The van der Waals surface area contributed by atoms with E-state index in [9.17, 15) is 17.6 Å². The highest BCUT2D eigenvalue weighted by Gasteiger charge is 2.32. The topological polar surface area (TPSA) is 89.7 Å². The summed E-state index contributed by atoms with van der Waals surface area (Å²) < 4.78 is 43.4. The van der Waals surface area contributed by atoms with Gasteiger partial charge in [-0.1, -0.05) is 20.8 Å². The largest absolute Gasteiger partial charge is 0.489 e. The lowest BCUT2D eigenvalue weighted by molar-refractivity contribution is -0.140. The Kier molecular flexibility index (Phi) is 7.82. The SMILES string of the molecule is CC(C)(C)C(=O)N1CCC(CS(=O)(=O)c2ccc(OC/C(=C/F)CN)cc2)CC1. The van der Waals surface area contributed by atoms with Crippen LogP contribution in [0.1, 0.15) is 33.6 Å². The van der Waals surface area contributed by atoms with Crippen LogP contribution < -0.4 is 10.5 Å². The molecule has 0 atom stereocenters. The Labute approximate surface area is 172 Å². The number of hydrogen-bond acceptors (Lipinski definition) is 5. The van der Waals surface area contributed by atoms with Gasteiger partial charge in [-0.2, -0.15) is 0 Å². The van der Waals surface area contributed by atoms with Gasteiger partial charge in [0.2, 0.25) is 5.91 Å². The Balaban J connectivity index is 1.92. The van der Waals surface area contributed by atoms with Crippen molar-refractivity contribution < 1.29 is 22.3 Å². The van der Waals surface area contributed by atoms with Crippen LogP contribution in [0.4, 0.5) is 4.39 Å².